The number of anilines is 2. The number of hydrogen-bond acceptors (Lipinski definition) is 2. The van der Waals surface area contributed by atoms with E-state index in [1.807, 2.05) is 6.07 Å². The Morgan fingerprint density at radius 1 is 1.11 bits per heavy atom. The van der Waals surface area contributed by atoms with Crippen LogP contribution in [0.15, 0.2) is 12.1 Å². The fraction of sp³-hybridized carbons (Fsp3) is 0.571. The average Bonchev–Trinajstić information content (AvgIpc) is 2.33. The second-order valence-corrected chi connectivity index (χ2v) is 5.44. The quantitative estimate of drug-likeness (QED) is 0.664. The Balaban J connectivity index is 2.76. The minimum absolute atomic E-state index is 0.453. The van der Waals surface area contributed by atoms with E-state index in [-0.39, 0.29) is 0 Å². The monoisotopic (exact) mass is 288 g/mol. The molecule has 1 unspecified atom stereocenters. The van der Waals surface area contributed by atoms with Crippen LogP contribution in [-0.4, -0.2) is 6.04 Å². The molecule has 1 rings (SSSR count). The largest absolute Gasteiger partial charge is 0.397 e. The van der Waals surface area contributed by atoms with Crippen LogP contribution in [0.2, 0.25) is 10.0 Å². The zero-order valence-corrected chi connectivity index (χ0v) is 12.6. The Morgan fingerprint density at radius 2 is 1.78 bits per heavy atom. The first kappa shape index (κ1) is 15.5. The molecule has 102 valence electrons. The fourth-order valence-electron chi connectivity index (χ4n) is 1.99. The molecule has 0 amide bonds. The van der Waals surface area contributed by atoms with Gasteiger partial charge in [-0.15, -0.1) is 0 Å². The summed E-state index contributed by atoms with van der Waals surface area (Å²) in [5.41, 5.74) is 7.50. The van der Waals surface area contributed by atoms with E-state index in [1.165, 1.54) is 12.8 Å². The van der Waals surface area contributed by atoms with Gasteiger partial charge in [0.1, 0.15) is 0 Å². The lowest BCUT2D eigenvalue weighted by Gasteiger charge is -2.20. The van der Waals surface area contributed by atoms with Gasteiger partial charge in [0.15, 0.2) is 0 Å². The number of nitrogen functional groups attached to an aromatic ring is 1. The number of benzene rings is 1. The van der Waals surface area contributed by atoms with Gasteiger partial charge in [-0.25, -0.2) is 0 Å². The van der Waals surface area contributed by atoms with Crippen LogP contribution in [-0.2, 0) is 0 Å². The van der Waals surface area contributed by atoms with Crippen LogP contribution in [0.5, 0.6) is 0 Å². The van der Waals surface area contributed by atoms with Crippen molar-refractivity contribution in [3.63, 3.8) is 0 Å². The summed E-state index contributed by atoms with van der Waals surface area (Å²) in [6.45, 7) is 4.40. The molecule has 4 heteroatoms. The fourth-order valence-corrected chi connectivity index (χ4v) is 2.33. The van der Waals surface area contributed by atoms with Gasteiger partial charge in [0.25, 0.3) is 0 Å². The first-order valence-electron chi connectivity index (χ1n) is 6.59. The summed E-state index contributed by atoms with van der Waals surface area (Å²) in [5.74, 6) is 0. The second-order valence-electron chi connectivity index (χ2n) is 4.63. The van der Waals surface area contributed by atoms with Crippen LogP contribution in [0.25, 0.3) is 0 Å². The molecular formula is C14H22Cl2N2. The van der Waals surface area contributed by atoms with E-state index in [0.29, 0.717) is 21.8 Å². The van der Waals surface area contributed by atoms with Crippen molar-refractivity contribution in [3.05, 3.63) is 22.2 Å². The van der Waals surface area contributed by atoms with Crippen molar-refractivity contribution in [2.45, 2.75) is 52.0 Å². The predicted octanol–water partition coefficient (Wildman–Crippen LogP) is 5.35. The average molecular weight is 289 g/mol. The standard InChI is InChI=1S/C14H22Cl2N2/c1-3-5-7-10(6-4-2)18-14-9-12(16)11(15)8-13(14)17/h8-10,18H,3-7,17H2,1-2H3. The number of halogens is 2. The van der Waals surface area contributed by atoms with Crippen LogP contribution in [0.3, 0.4) is 0 Å². The van der Waals surface area contributed by atoms with E-state index in [1.54, 1.807) is 6.07 Å². The minimum Gasteiger partial charge on any atom is -0.397 e. The maximum Gasteiger partial charge on any atom is 0.0614 e. The van der Waals surface area contributed by atoms with Crippen LogP contribution in [0.1, 0.15) is 46.0 Å². The van der Waals surface area contributed by atoms with Crippen molar-refractivity contribution in [1.82, 2.24) is 0 Å². The van der Waals surface area contributed by atoms with E-state index in [0.717, 1.165) is 24.9 Å². The van der Waals surface area contributed by atoms with Crippen LogP contribution in [0, 0.1) is 0 Å². The van der Waals surface area contributed by atoms with Crippen LogP contribution in [0.4, 0.5) is 11.4 Å². The Morgan fingerprint density at radius 3 is 2.39 bits per heavy atom. The van der Waals surface area contributed by atoms with Crippen molar-refractivity contribution < 1.29 is 0 Å². The molecule has 0 aliphatic heterocycles. The summed E-state index contributed by atoms with van der Waals surface area (Å²) >= 11 is 12.0. The third kappa shape index (κ3) is 4.58. The first-order chi connectivity index (χ1) is 8.58. The maximum atomic E-state index is 6.02. The molecule has 0 aromatic heterocycles. The van der Waals surface area contributed by atoms with Crippen molar-refractivity contribution >= 4 is 34.6 Å². The summed E-state index contributed by atoms with van der Waals surface area (Å²) in [7, 11) is 0. The molecule has 0 aliphatic rings. The summed E-state index contributed by atoms with van der Waals surface area (Å²) in [4.78, 5) is 0. The van der Waals surface area contributed by atoms with E-state index in [9.17, 15) is 0 Å². The molecule has 1 aromatic rings. The lowest BCUT2D eigenvalue weighted by molar-refractivity contribution is 0.564. The smallest absolute Gasteiger partial charge is 0.0614 e. The van der Waals surface area contributed by atoms with Gasteiger partial charge in [-0.05, 0) is 25.0 Å². The molecule has 0 fully saturated rings. The van der Waals surface area contributed by atoms with Gasteiger partial charge < -0.3 is 11.1 Å². The Kier molecular flexibility index (Phi) is 6.66. The van der Waals surface area contributed by atoms with Crippen LogP contribution < -0.4 is 11.1 Å². The summed E-state index contributed by atoms with van der Waals surface area (Å²) in [5, 5.41) is 4.52. The molecule has 3 N–H and O–H groups in total. The van der Waals surface area contributed by atoms with Gasteiger partial charge in [0, 0.05) is 6.04 Å². The van der Waals surface area contributed by atoms with Crippen LogP contribution >= 0.6 is 23.2 Å². The SMILES string of the molecule is CCCCC(CCC)Nc1cc(Cl)c(Cl)cc1N. The number of nitrogens with one attached hydrogen (secondary N) is 1. The third-order valence-corrected chi connectivity index (χ3v) is 3.72. The van der Waals surface area contributed by atoms with Crippen molar-refractivity contribution in [2.75, 3.05) is 11.1 Å². The highest BCUT2D eigenvalue weighted by atomic mass is 35.5. The van der Waals surface area contributed by atoms with Crippen molar-refractivity contribution in [1.29, 1.82) is 0 Å². The molecular weight excluding hydrogens is 267 g/mol. The molecule has 1 aromatic carbocycles. The van der Waals surface area contributed by atoms with Gasteiger partial charge in [-0.2, -0.15) is 0 Å². The second kappa shape index (κ2) is 7.75. The zero-order valence-electron chi connectivity index (χ0n) is 11.1. The van der Waals surface area contributed by atoms with E-state index in [2.05, 4.69) is 19.2 Å². The molecule has 0 saturated carbocycles. The highest BCUT2D eigenvalue weighted by molar-refractivity contribution is 6.42. The summed E-state index contributed by atoms with van der Waals surface area (Å²) < 4.78 is 0. The molecule has 2 nitrogen and oxygen atoms in total. The normalized spacial score (nSPS) is 12.4. The topological polar surface area (TPSA) is 38.0 Å². The summed E-state index contributed by atoms with van der Waals surface area (Å²) in [6, 6.07) is 3.97. The Labute approximate surface area is 120 Å². The highest BCUT2D eigenvalue weighted by Gasteiger charge is 2.11. The molecule has 0 heterocycles. The molecule has 0 saturated heterocycles. The Hall–Kier alpha value is -0.600. The van der Waals surface area contributed by atoms with E-state index >= 15 is 0 Å². The van der Waals surface area contributed by atoms with Crippen molar-refractivity contribution in [3.8, 4) is 0 Å². The predicted molar refractivity (Wildman–Crippen MR) is 82.7 cm³/mol. The number of hydrogen-bond donors (Lipinski definition) is 2. The van der Waals surface area contributed by atoms with E-state index < -0.39 is 0 Å². The zero-order chi connectivity index (χ0) is 13.5. The van der Waals surface area contributed by atoms with Gasteiger partial charge in [-0.3, -0.25) is 0 Å². The Bertz CT molecular complexity index is 380. The third-order valence-electron chi connectivity index (χ3n) is 3.00. The van der Waals surface area contributed by atoms with Gasteiger partial charge in [0.05, 0.1) is 21.4 Å². The first-order valence-corrected chi connectivity index (χ1v) is 7.35. The van der Waals surface area contributed by atoms with Gasteiger partial charge in [0.2, 0.25) is 0 Å². The highest BCUT2D eigenvalue weighted by Crippen LogP contribution is 2.31. The number of rotatable bonds is 7. The molecule has 0 aliphatic carbocycles. The molecule has 18 heavy (non-hydrogen) atoms. The van der Waals surface area contributed by atoms with Gasteiger partial charge in [-0.1, -0.05) is 56.3 Å². The number of unbranched alkanes of at least 4 members (excludes halogenated alkanes) is 1. The van der Waals surface area contributed by atoms with E-state index in [4.69, 9.17) is 28.9 Å². The molecule has 0 radical (unpaired) electrons. The van der Waals surface area contributed by atoms with Crippen molar-refractivity contribution in [2.24, 2.45) is 0 Å². The molecule has 0 bridgehead atoms. The molecule has 0 spiro atoms. The van der Waals surface area contributed by atoms with Gasteiger partial charge >= 0.3 is 0 Å². The lowest BCUT2D eigenvalue weighted by Crippen LogP contribution is -2.20. The number of nitrogens with two attached hydrogens (primary N) is 1. The molecule has 1 atom stereocenters. The minimum atomic E-state index is 0.453. The maximum absolute atomic E-state index is 6.02. The lowest BCUT2D eigenvalue weighted by atomic mass is 10.0. The summed E-state index contributed by atoms with van der Waals surface area (Å²) in [6.07, 6.45) is 5.88.